The fourth-order valence-corrected chi connectivity index (χ4v) is 5.89. The van der Waals surface area contributed by atoms with Crippen LogP contribution >= 0.6 is 0 Å². The predicted octanol–water partition coefficient (Wildman–Crippen LogP) is 0.742. The van der Waals surface area contributed by atoms with Crippen LogP contribution in [0.3, 0.4) is 0 Å². The lowest BCUT2D eigenvalue weighted by Crippen LogP contribution is -2.43. The van der Waals surface area contributed by atoms with Gasteiger partial charge in [-0.2, -0.15) is 16.8 Å². The van der Waals surface area contributed by atoms with Gasteiger partial charge in [-0.3, -0.25) is 8.37 Å². The minimum absolute atomic E-state index is 0.0824. The summed E-state index contributed by atoms with van der Waals surface area (Å²) in [4.78, 5) is 0. The highest BCUT2D eigenvalue weighted by Gasteiger charge is 2.55. The lowest BCUT2D eigenvalue weighted by atomic mass is 9.70. The lowest BCUT2D eigenvalue weighted by Gasteiger charge is -2.41. The lowest BCUT2D eigenvalue weighted by molar-refractivity contribution is -0.0106. The quantitative estimate of drug-likeness (QED) is 0.709. The van der Waals surface area contributed by atoms with Gasteiger partial charge in [0.2, 0.25) is 0 Å². The van der Waals surface area contributed by atoms with E-state index in [1.54, 1.807) is 0 Å². The van der Waals surface area contributed by atoms with E-state index in [2.05, 4.69) is 0 Å². The van der Waals surface area contributed by atoms with E-state index in [9.17, 15) is 16.8 Å². The fourth-order valence-electron chi connectivity index (χ4n) is 4.50. The summed E-state index contributed by atoms with van der Waals surface area (Å²) in [6.45, 7) is 0. The molecule has 0 N–H and O–H groups in total. The zero-order valence-electron chi connectivity index (χ0n) is 11.6. The highest BCUT2D eigenvalue weighted by atomic mass is 32.2. The molecular formula is C12H20O6S2. The average molecular weight is 324 g/mol. The van der Waals surface area contributed by atoms with Gasteiger partial charge in [0.1, 0.15) is 0 Å². The maximum atomic E-state index is 11.4. The maximum absolute atomic E-state index is 11.4. The average Bonchev–Trinajstić information content (AvgIpc) is 2.56. The Kier molecular flexibility index (Phi) is 3.43. The van der Waals surface area contributed by atoms with Gasteiger partial charge in [0, 0.05) is 0 Å². The molecule has 3 saturated carbocycles. The molecule has 0 amide bonds. The summed E-state index contributed by atoms with van der Waals surface area (Å²) < 4.78 is 56.1. The molecule has 8 heteroatoms. The van der Waals surface area contributed by atoms with Crippen molar-refractivity contribution in [1.29, 1.82) is 0 Å². The molecule has 3 aliphatic carbocycles. The van der Waals surface area contributed by atoms with Crippen LogP contribution in [0.15, 0.2) is 0 Å². The molecule has 3 bridgehead atoms. The third-order valence-corrected chi connectivity index (χ3v) is 6.09. The van der Waals surface area contributed by atoms with Crippen molar-refractivity contribution >= 4 is 20.2 Å². The monoisotopic (exact) mass is 324 g/mol. The standard InChI is InChI=1S/C12H20O6S2/c1-19(13,14)17-11-6-9-4-7-3-8(5-10(7)11)12(9)18-20(2,15)16/h7-12H,3-6H2,1-2H3. The summed E-state index contributed by atoms with van der Waals surface area (Å²) >= 11 is 0. The van der Waals surface area contributed by atoms with E-state index in [0.717, 1.165) is 31.8 Å². The van der Waals surface area contributed by atoms with Gasteiger partial charge in [0.15, 0.2) is 0 Å². The molecule has 0 spiro atoms. The fraction of sp³-hybridized carbons (Fsp3) is 1.00. The normalized spacial score (nSPS) is 43.9. The van der Waals surface area contributed by atoms with Crippen LogP contribution in [0, 0.1) is 23.7 Å². The molecule has 116 valence electrons. The third-order valence-electron chi connectivity index (χ3n) is 4.92. The molecule has 3 fully saturated rings. The highest BCUT2D eigenvalue weighted by Crippen LogP contribution is 2.57. The van der Waals surface area contributed by atoms with Gasteiger partial charge < -0.3 is 0 Å². The molecule has 0 saturated heterocycles. The van der Waals surface area contributed by atoms with E-state index in [1.165, 1.54) is 0 Å². The molecule has 0 aromatic rings. The van der Waals surface area contributed by atoms with Gasteiger partial charge in [-0.15, -0.1) is 0 Å². The Morgan fingerprint density at radius 2 is 1.30 bits per heavy atom. The second-order valence-electron chi connectivity index (χ2n) is 6.49. The van der Waals surface area contributed by atoms with Crippen molar-refractivity contribution in [3.05, 3.63) is 0 Å². The summed E-state index contributed by atoms with van der Waals surface area (Å²) in [7, 11) is -6.96. The maximum Gasteiger partial charge on any atom is 0.264 e. The SMILES string of the molecule is CS(=O)(=O)OC1CC2CC3CC(CC31)C2OS(C)(=O)=O. The van der Waals surface area contributed by atoms with Crippen LogP contribution in [0.5, 0.6) is 0 Å². The van der Waals surface area contributed by atoms with E-state index >= 15 is 0 Å². The first-order valence-corrected chi connectivity index (χ1v) is 10.5. The summed E-state index contributed by atoms with van der Waals surface area (Å²) in [6, 6.07) is 0. The molecule has 0 aromatic heterocycles. The third kappa shape index (κ3) is 2.88. The van der Waals surface area contributed by atoms with E-state index in [1.807, 2.05) is 0 Å². The summed E-state index contributed by atoms with van der Waals surface area (Å²) in [5.74, 6) is 0.967. The number of hydrogen-bond donors (Lipinski definition) is 0. The summed E-state index contributed by atoms with van der Waals surface area (Å²) in [5, 5.41) is 0. The first-order chi connectivity index (χ1) is 9.12. The molecule has 0 heterocycles. The van der Waals surface area contributed by atoms with Crippen molar-refractivity contribution < 1.29 is 25.2 Å². The van der Waals surface area contributed by atoms with Crippen LogP contribution in [0.25, 0.3) is 0 Å². The number of hydrogen-bond acceptors (Lipinski definition) is 6. The zero-order valence-corrected chi connectivity index (χ0v) is 13.2. The van der Waals surface area contributed by atoms with Gasteiger partial charge >= 0.3 is 0 Å². The molecule has 3 rings (SSSR count). The van der Waals surface area contributed by atoms with E-state index in [-0.39, 0.29) is 30.0 Å². The molecular weight excluding hydrogens is 304 g/mol. The van der Waals surface area contributed by atoms with Crippen molar-refractivity contribution in [3.8, 4) is 0 Å². The van der Waals surface area contributed by atoms with Gasteiger partial charge in [-0.1, -0.05) is 0 Å². The first kappa shape index (κ1) is 14.7. The molecule has 6 unspecified atom stereocenters. The number of fused-ring (bicyclic) bond motifs is 2. The second kappa shape index (κ2) is 4.66. The summed E-state index contributed by atoms with van der Waals surface area (Å²) in [6.07, 6.45) is 4.75. The molecule has 6 nitrogen and oxygen atoms in total. The van der Waals surface area contributed by atoms with Gasteiger partial charge in [-0.05, 0) is 49.4 Å². The van der Waals surface area contributed by atoms with Crippen LogP contribution in [0.4, 0.5) is 0 Å². The van der Waals surface area contributed by atoms with E-state index < -0.39 is 20.2 Å². The Bertz CT molecular complexity index is 595. The Morgan fingerprint density at radius 3 is 1.85 bits per heavy atom. The number of rotatable bonds is 4. The summed E-state index contributed by atoms with van der Waals surface area (Å²) in [5.41, 5.74) is 0. The smallest absolute Gasteiger partial charge is 0.264 e. The van der Waals surface area contributed by atoms with Crippen molar-refractivity contribution in [2.75, 3.05) is 12.5 Å². The Balaban J connectivity index is 1.82. The Morgan fingerprint density at radius 1 is 0.750 bits per heavy atom. The largest absolute Gasteiger partial charge is 0.267 e. The Hall–Kier alpha value is -0.180. The van der Waals surface area contributed by atoms with Gasteiger partial charge in [0.05, 0.1) is 24.7 Å². The molecule has 0 radical (unpaired) electrons. The van der Waals surface area contributed by atoms with Crippen LogP contribution in [0.2, 0.25) is 0 Å². The predicted molar refractivity (Wildman–Crippen MR) is 71.9 cm³/mol. The van der Waals surface area contributed by atoms with Crippen LogP contribution < -0.4 is 0 Å². The van der Waals surface area contributed by atoms with Crippen LogP contribution in [0.1, 0.15) is 25.7 Å². The molecule has 6 atom stereocenters. The minimum Gasteiger partial charge on any atom is -0.267 e. The van der Waals surface area contributed by atoms with E-state index in [4.69, 9.17) is 8.37 Å². The molecule has 0 aromatic carbocycles. The van der Waals surface area contributed by atoms with E-state index in [0.29, 0.717) is 12.3 Å². The van der Waals surface area contributed by atoms with Crippen molar-refractivity contribution in [2.24, 2.45) is 23.7 Å². The van der Waals surface area contributed by atoms with Crippen molar-refractivity contribution in [3.63, 3.8) is 0 Å². The van der Waals surface area contributed by atoms with Crippen molar-refractivity contribution in [2.45, 2.75) is 37.9 Å². The molecule has 3 aliphatic rings. The van der Waals surface area contributed by atoms with Crippen molar-refractivity contribution in [1.82, 2.24) is 0 Å². The van der Waals surface area contributed by atoms with Crippen LogP contribution in [-0.2, 0) is 28.6 Å². The van der Waals surface area contributed by atoms with Gasteiger partial charge in [0.25, 0.3) is 20.2 Å². The Labute approximate surface area is 120 Å². The zero-order chi connectivity index (χ0) is 14.7. The minimum atomic E-state index is -3.48. The second-order valence-corrected chi connectivity index (χ2v) is 9.69. The van der Waals surface area contributed by atoms with Crippen LogP contribution in [-0.4, -0.2) is 41.6 Å². The molecule has 0 aliphatic heterocycles. The highest BCUT2D eigenvalue weighted by molar-refractivity contribution is 7.86. The van der Waals surface area contributed by atoms with Gasteiger partial charge in [-0.25, -0.2) is 0 Å². The topological polar surface area (TPSA) is 86.7 Å². The molecule has 20 heavy (non-hydrogen) atoms. The first-order valence-electron chi connectivity index (χ1n) is 6.89.